The van der Waals surface area contributed by atoms with Crippen molar-refractivity contribution >= 4 is 11.7 Å². The van der Waals surface area contributed by atoms with Gasteiger partial charge in [0.15, 0.2) is 0 Å². The maximum Gasteiger partial charge on any atom is 0.322 e. The van der Waals surface area contributed by atoms with Gasteiger partial charge in [-0.15, -0.1) is 0 Å². The van der Waals surface area contributed by atoms with Crippen LogP contribution < -0.4 is 10.1 Å². The lowest BCUT2D eigenvalue weighted by molar-refractivity contribution is 0.146. The number of carbonyl (C=O) groups is 1. The van der Waals surface area contributed by atoms with Crippen molar-refractivity contribution in [1.82, 2.24) is 9.80 Å². The van der Waals surface area contributed by atoms with E-state index >= 15 is 0 Å². The van der Waals surface area contributed by atoms with E-state index in [1.165, 1.54) is 19.3 Å². The van der Waals surface area contributed by atoms with E-state index in [-0.39, 0.29) is 6.03 Å². The van der Waals surface area contributed by atoms with Gasteiger partial charge in [-0.1, -0.05) is 31.9 Å². The monoisotopic (exact) mass is 305 g/mol. The third-order valence-corrected chi connectivity index (χ3v) is 4.09. The van der Waals surface area contributed by atoms with Crippen LogP contribution in [0.1, 0.15) is 26.2 Å². The number of piperazine rings is 1. The number of methoxy groups -OCH3 is 1. The van der Waals surface area contributed by atoms with Crippen LogP contribution in [-0.2, 0) is 0 Å². The quantitative estimate of drug-likeness (QED) is 0.822. The van der Waals surface area contributed by atoms with Crippen molar-refractivity contribution in [2.45, 2.75) is 26.2 Å². The average molecular weight is 305 g/mol. The highest BCUT2D eigenvalue weighted by atomic mass is 16.5. The van der Waals surface area contributed by atoms with Gasteiger partial charge in [-0.2, -0.15) is 0 Å². The largest absolute Gasteiger partial charge is 0.495 e. The van der Waals surface area contributed by atoms with E-state index in [1.807, 2.05) is 29.2 Å². The van der Waals surface area contributed by atoms with Crippen LogP contribution in [0, 0.1) is 0 Å². The molecule has 1 aromatic carbocycles. The Morgan fingerprint density at radius 1 is 1.18 bits per heavy atom. The number of anilines is 1. The maximum absolute atomic E-state index is 12.3. The summed E-state index contributed by atoms with van der Waals surface area (Å²) in [7, 11) is 1.61. The van der Waals surface area contributed by atoms with Gasteiger partial charge in [-0.05, 0) is 25.1 Å². The Morgan fingerprint density at radius 2 is 1.91 bits per heavy atom. The normalized spacial score (nSPS) is 15.6. The first-order valence-corrected chi connectivity index (χ1v) is 8.16. The van der Waals surface area contributed by atoms with Gasteiger partial charge in [-0.25, -0.2) is 4.79 Å². The van der Waals surface area contributed by atoms with Crippen LogP contribution in [0.5, 0.6) is 5.75 Å². The minimum Gasteiger partial charge on any atom is -0.495 e. The van der Waals surface area contributed by atoms with Crippen LogP contribution >= 0.6 is 0 Å². The van der Waals surface area contributed by atoms with Gasteiger partial charge in [0, 0.05) is 26.2 Å². The molecule has 2 amide bonds. The average Bonchev–Trinajstić information content (AvgIpc) is 2.56. The van der Waals surface area contributed by atoms with E-state index < -0.39 is 0 Å². The fraction of sp³-hybridized carbons (Fsp3) is 0.588. The predicted molar refractivity (Wildman–Crippen MR) is 89.6 cm³/mol. The molecule has 1 heterocycles. The number of para-hydroxylation sites is 2. The molecule has 0 radical (unpaired) electrons. The van der Waals surface area contributed by atoms with E-state index in [1.54, 1.807) is 7.11 Å². The zero-order valence-corrected chi connectivity index (χ0v) is 13.7. The predicted octanol–water partition coefficient (Wildman–Crippen LogP) is 3.03. The Morgan fingerprint density at radius 3 is 2.59 bits per heavy atom. The number of carbonyl (C=O) groups excluding carboxylic acids is 1. The van der Waals surface area contributed by atoms with E-state index in [0.29, 0.717) is 5.75 Å². The zero-order valence-electron chi connectivity index (χ0n) is 13.7. The number of nitrogens with zero attached hydrogens (tertiary/aromatic N) is 2. The Hall–Kier alpha value is -1.75. The summed E-state index contributed by atoms with van der Waals surface area (Å²) < 4.78 is 5.26. The molecule has 1 aromatic rings. The summed E-state index contributed by atoms with van der Waals surface area (Å²) in [6.07, 6.45) is 3.79. The van der Waals surface area contributed by atoms with Crippen LogP contribution in [0.3, 0.4) is 0 Å². The number of rotatable bonds is 6. The number of unbranched alkanes of at least 4 members (excludes halogenated alkanes) is 2. The number of urea groups is 1. The van der Waals surface area contributed by atoms with Crippen LogP contribution in [0.2, 0.25) is 0 Å². The Balaban J connectivity index is 1.80. The second-order valence-electron chi connectivity index (χ2n) is 5.67. The molecule has 0 unspecified atom stereocenters. The molecule has 0 bridgehead atoms. The number of nitrogens with one attached hydrogen (secondary N) is 1. The molecule has 22 heavy (non-hydrogen) atoms. The summed E-state index contributed by atoms with van der Waals surface area (Å²) in [5, 5.41) is 2.94. The fourth-order valence-corrected chi connectivity index (χ4v) is 2.70. The minimum atomic E-state index is -0.0438. The molecular formula is C17H27N3O2. The third kappa shape index (κ3) is 4.63. The van der Waals surface area contributed by atoms with Gasteiger partial charge in [0.2, 0.25) is 0 Å². The third-order valence-electron chi connectivity index (χ3n) is 4.09. The first-order valence-electron chi connectivity index (χ1n) is 8.16. The molecule has 1 N–H and O–H groups in total. The van der Waals surface area contributed by atoms with E-state index in [4.69, 9.17) is 4.74 Å². The SMILES string of the molecule is CCCCCN1CCN(C(=O)Nc2ccccc2OC)CC1. The van der Waals surface area contributed by atoms with Crippen molar-refractivity contribution in [3.63, 3.8) is 0 Å². The van der Waals surface area contributed by atoms with Crippen molar-refractivity contribution in [2.75, 3.05) is 45.2 Å². The summed E-state index contributed by atoms with van der Waals surface area (Å²) in [6, 6.07) is 7.45. The number of benzene rings is 1. The summed E-state index contributed by atoms with van der Waals surface area (Å²) >= 11 is 0. The van der Waals surface area contributed by atoms with Crippen LogP contribution in [0.4, 0.5) is 10.5 Å². The molecule has 1 fully saturated rings. The Bertz CT molecular complexity index is 471. The summed E-state index contributed by atoms with van der Waals surface area (Å²) in [5.41, 5.74) is 0.723. The Labute approximate surface area is 133 Å². The highest BCUT2D eigenvalue weighted by Gasteiger charge is 2.21. The molecule has 2 rings (SSSR count). The lowest BCUT2D eigenvalue weighted by Gasteiger charge is -2.34. The zero-order chi connectivity index (χ0) is 15.8. The van der Waals surface area contributed by atoms with Gasteiger partial charge >= 0.3 is 6.03 Å². The molecule has 0 atom stereocenters. The lowest BCUT2D eigenvalue weighted by Crippen LogP contribution is -2.50. The van der Waals surface area contributed by atoms with Gasteiger partial charge in [0.25, 0.3) is 0 Å². The first kappa shape index (κ1) is 16.6. The molecule has 1 aliphatic rings. The standard InChI is InChI=1S/C17H27N3O2/c1-3-4-7-10-19-11-13-20(14-12-19)17(21)18-15-8-5-6-9-16(15)22-2/h5-6,8-9H,3-4,7,10-14H2,1-2H3,(H,18,21). The highest BCUT2D eigenvalue weighted by Crippen LogP contribution is 2.23. The summed E-state index contributed by atoms with van der Waals surface area (Å²) in [6.45, 7) is 6.86. The molecule has 5 nitrogen and oxygen atoms in total. The molecule has 0 aromatic heterocycles. The van der Waals surface area contributed by atoms with Crippen molar-refractivity contribution in [1.29, 1.82) is 0 Å². The molecular weight excluding hydrogens is 278 g/mol. The molecule has 0 saturated carbocycles. The minimum absolute atomic E-state index is 0.0438. The second kappa shape index (κ2) is 8.63. The van der Waals surface area contributed by atoms with Gasteiger partial charge in [-0.3, -0.25) is 4.90 Å². The molecule has 0 aliphatic carbocycles. The smallest absolute Gasteiger partial charge is 0.322 e. The Kier molecular flexibility index (Phi) is 6.52. The molecule has 122 valence electrons. The summed E-state index contributed by atoms with van der Waals surface area (Å²) in [4.78, 5) is 16.7. The molecule has 1 aliphatic heterocycles. The maximum atomic E-state index is 12.3. The number of amides is 2. The number of ether oxygens (including phenoxy) is 1. The lowest BCUT2D eigenvalue weighted by atomic mass is 10.2. The number of hydrogen-bond donors (Lipinski definition) is 1. The number of hydrogen-bond acceptors (Lipinski definition) is 3. The molecule has 1 saturated heterocycles. The van der Waals surface area contributed by atoms with E-state index in [9.17, 15) is 4.79 Å². The topological polar surface area (TPSA) is 44.8 Å². The second-order valence-corrected chi connectivity index (χ2v) is 5.67. The van der Waals surface area contributed by atoms with Gasteiger partial charge < -0.3 is 15.0 Å². The summed E-state index contributed by atoms with van der Waals surface area (Å²) in [5.74, 6) is 0.689. The van der Waals surface area contributed by atoms with Crippen LogP contribution in [-0.4, -0.2) is 55.7 Å². The van der Waals surface area contributed by atoms with Gasteiger partial charge in [0.05, 0.1) is 12.8 Å². The van der Waals surface area contributed by atoms with E-state index in [0.717, 1.165) is 38.4 Å². The molecule has 0 spiro atoms. The van der Waals surface area contributed by atoms with Gasteiger partial charge in [0.1, 0.15) is 5.75 Å². The van der Waals surface area contributed by atoms with E-state index in [2.05, 4.69) is 17.1 Å². The van der Waals surface area contributed by atoms with Crippen molar-refractivity contribution < 1.29 is 9.53 Å². The first-order chi connectivity index (χ1) is 10.7. The molecule has 5 heteroatoms. The fourth-order valence-electron chi connectivity index (χ4n) is 2.70. The van der Waals surface area contributed by atoms with Crippen molar-refractivity contribution in [3.05, 3.63) is 24.3 Å². The van der Waals surface area contributed by atoms with Crippen LogP contribution in [0.15, 0.2) is 24.3 Å². The van der Waals surface area contributed by atoms with Crippen molar-refractivity contribution in [3.8, 4) is 5.75 Å². The van der Waals surface area contributed by atoms with Crippen molar-refractivity contribution in [2.24, 2.45) is 0 Å². The highest BCUT2D eigenvalue weighted by molar-refractivity contribution is 5.91. The van der Waals surface area contributed by atoms with Crippen LogP contribution in [0.25, 0.3) is 0 Å².